The van der Waals surface area contributed by atoms with Gasteiger partial charge < -0.3 is 16.0 Å². The smallest absolute Gasteiger partial charge is 0.247 e. The molecule has 3 aromatic heterocycles. The van der Waals surface area contributed by atoms with Gasteiger partial charge >= 0.3 is 0 Å². The summed E-state index contributed by atoms with van der Waals surface area (Å²) >= 11 is 0. The molecule has 1 aliphatic rings. The molecule has 1 aromatic carbocycles. The van der Waals surface area contributed by atoms with E-state index in [1.165, 1.54) is 6.42 Å². The Hall–Kier alpha value is -3.13. The zero-order chi connectivity index (χ0) is 18.2. The third-order valence-electron chi connectivity index (χ3n) is 5.01. The van der Waals surface area contributed by atoms with Gasteiger partial charge in [0, 0.05) is 30.7 Å². The van der Waals surface area contributed by atoms with Crippen molar-refractivity contribution in [2.75, 3.05) is 23.7 Å². The van der Waals surface area contributed by atoms with Gasteiger partial charge in [0.25, 0.3) is 0 Å². The van der Waals surface area contributed by atoms with Crippen molar-refractivity contribution in [2.45, 2.75) is 18.9 Å². The quantitative estimate of drug-likeness (QED) is 0.517. The molecule has 0 aliphatic carbocycles. The Morgan fingerprint density at radius 1 is 1.22 bits per heavy atom. The molecule has 0 amide bonds. The number of piperidine rings is 1. The maximum atomic E-state index is 4.65. The molecule has 3 N–H and O–H groups in total. The normalized spacial score (nSPS) is 17.4. The van der Waals surface area contributed by atoms with Crippen molar-refractivity contribution in [1.29, 1.82) is 0 Å². The van der Waals surface area contributed by atoms with Gasteiger partial charge in [-0.25, -0.2) is 0 Å². The van der Waals surface area contributed by atoms with Crippen LogP contribution in [0.4, 0.5) is 17.5 Å². The lowest BCUT2D eigenvalue weighted by Gasteiger charge is -2.24. The number of anilines is 3. The highest BCUT2D eigenvalue weighted by Gasteiger charge is 2.15. The van der Waals surface area contributed by atoms with E-state index >= 15 is 0 Å². The van der Waals surface area contributed by atoms with Crippen LogP contribution in [0, 0.1) is 0 Å². The highest BCUT2D eigenvalue weighted by Crippen LogP contribution is 2.22. The molecule has 5 rings (SSSR count). The van der Waals surface area contributed by atoms with Crippen LogP contribution in [-0.4, -0.2) is 43.5 Å². The largest absolute Gasteiger partial charge is 0.366 e. The third kappa shape index (κ3) is 3.08. The van der Waals surface area contributed by atoms with Gasteiger partial charge in [-0.2, -0.15) is 14.6 Å². The molecule has 0 saturated carbocycles. The van der Waals surface area contributed by atoms with E-state index in [4.69, 9.17) is 0 Å². The number of aryl methyl sites for hydroxylation is 1. The van der Waals surface area contributed by atoms with Crippen molar-refractivity contribution in [1.82, 2.24) is 29.7 Å². The first-order chi connectivity index (χ1) is 13.3. The van der Waals surface area contributed by atoms with E-state index < -0.39 is 0 Å². The standard InChI is InChI=1S/C19H22N8/c1-26-16-10-14(8-7-13(16)11-21-26)23-19-24-18-6-2-5-17(27(18)25-19)22-15-4-3-9-20-12-15/h2,5-8,10-11,15,20,22H,3-4,9,12H2,1H3,(H,23,25). The number of pyridine rings is 1. The number of benzene rings is 1. The second kappa shape index (κ2) is 6.55. The fourth-order valence-electron chi connectivity index (χ4n) is 3.60. The van der Waals surface area contributed by atoms with Crippen LogP contribution >= 0.6 is 0 Å². The number of hydrogen-bond donors (Lipinski definition) is 3. The maximum Gasteiger partial charge on any atom is 0.247 e. The van der Waals surface area contributed by atoms with Crippen LogP contribution in [0.3, 0.4) is 0 Å². The average Bonchev–Trinajstić information content (AvgIpc) is 3.27. The van der Waals surface area contributed by atoms with Gasteiger partial charge in [-0.15, -0.1) is 5.10 Å². The zero-order valence-corrected chi connectivity index (χ0v) is 15.2. The molecule has 1 atom stereocenters. The highest BCUT2D eigenvalue weighted by molar-refractivity contribution is 5.83. The van der Waals surface area contributed by atoms with Crippen molar-refractivity contribution in [3.8, 4) is 0 Å². The Morgan fingerprint density at radius 2 is 2.19 bits per heavy atom. The van der Waals surface area contributed by atoms with Gasteiger partial charge in [0.05, 0.1) is 11.7 Å². The van der Waals surface area contributed by atoms with E-state index in [0.29, 0.717) is 12.0 Å². The van der Waals surface area contributed by atoms with E-state index in [0.717, 1.165) is 47.6 Å². The van der Waals surface area contributed by atoms with Gasteiger partial charge in [0.15, 0.2) is 5.65 Å². The number of fused-ring (bicyclic) bond motifs is 2. The first-order valence-corrected chi connectivity index (χ1v) is 9.28. The van der Waals surface area contributed by atoms with Gasteiger partial charge in [0.1, 0.15) is 5.82 Å². The lowest BCUT2D eigenvalue weighted by molar-refractivity contribution is 0.478. The molecule has 1 unspecified atom stereocenters. The molecule has 1 aliphatic heterocycles. The maximum absolute atomic E-state index is 4.65. The van der Waals surface area contributed by atoms with Crippen molar-refractivity contribution in [3.05, 3.63) is 42.6 Å². The van der Waals surface area contributed by atoms with Gasteiger partial charge in [-0.1, -0.05) is 6.07 Å². The Bertz CT molecular complexity index is 1090. The molecule has 27 heavy (non-hydrogen) atoms. The van der Waals surface area contributed by atoms with Crippen LogP contribution in [0.5, 0.6) is 0 Å². The minimum absolute atomic E-state index is 0.414. The number of aromatic nitrogens is 5. The van der Waals surface area contributed by atoms with Crippen molar-refractivity contribution in [3.63, 3.8) is 0 Å². The van der Waals surface area contributed by atoms with Crippen LogP contribution < -0.4 is 16.0 Å². The molecule has 0 radical (unpaired) electrons. The summed E-state index contributed by atoms with van der Waals surface area (Å²) in [7, 11) is 1.94. The van der Waals surface area contributed by atoms with E-state index in [-0.39, 0.29) is 0 Å². The number of nitrogens with zero attached hydrogens (tertiary/aromatic N) is 5. The number of nitrogens with one attached hydrogen (secondary N) is 3. The van der Waals surface area contributed by atoms with Crippen molar-refractivity contribution >= 4 is 34.0 Å². The van der Waals surface area contributed by atoms with Crippen molar-refractivity contribution in [2.24, 2.45) is 7.05 Å². The van der Waals surface area contributed by atoms with E-state index in [9.17, 15) is 0 Å². The van der Waals surface area contributed by atoms with Gasteiger partial charge in [0.2, 0.25) is 5.95 Å². The summed E-state index contributed by atoms with van der Waals surface area (Å²) in [5, 5.41) is 20.4. The van der Waals surface area contributed by atoms with Crippen LogP contribution in [0.2, 0.25) is 0 Å². The molecule has 0 bridgehead atoms. The average molecular weight is 362 g/mol. The number of hydrogen-bond acceptors (Lipinski definition) is 6. The summed E-state index contributed by atoms with van der Waals surface area (Å²) < 4.78 is 3.72. The second-order valence-electron chi connectivity index (χ2n) is 6.97. The molecule has 8 nitrogen and oxygen atoms in total. The Kier molecular flexibility index (Phi) is 3.90. The lowest BCUT2D eigenvalue weighted by atomic mass is 10.1. The Labute approximate surface area is 156 Å². The van der Waals surface area contributed by atoms with Gasteiger partial charge in [-0.3, -0.25) is 4.68 Å². The first-order valence-electron chi connectivity index (χ1n) is 9.28. The van der Waals surface area contributed by atoms with Crippen LogP contribution in [0.25, 0.3) is 16.6 Å². The van der Waals surface area contributed by atoms with E-state index in [2.05, 4.69) is 37.2 Å². The molecule has 0 spiro atoms. The van der Waals surface area contributed by atoms with E-state index in [1.807, 2.05) is 52.8 Å². The summed E-state index contributed by atoms with van der Waals surface area (Å²) in [6, 6.07) is 12.5. The lowest BCUT2D eigenvalue weighted by Crippen LogP contribution is -2.38. The zero-order valence-electron chi connectivity index (χ0n) is 15.2. The molecule has 138 valence electrons. The molecule has 4 heterocycles. The topological polar surface area (TPSA) is 84.1 Å². The number of rotatable bonds is 4. The second-order valence-corrected chi connectivity index (χ2v) is 6.97. The third-order valence-corrected chi connectivity index (χ3v) is 5.01. The van der Waals surface area contributed by atoms with Crippen molar-refractivity contribution < 1.29 is 0 Å². The molecule has 1 fully saturated rings. The summed E-state index contributed by atoms with van der Waals surface area (Å²) in [5.41, 5.74) is 2.82. The van der Waals surface area contributed by atoms with Crippen LogP contribution in [0.1, 0.15) is 12.8 Å². The first kappa shape index (κ1) is 16.1. The van der Waals surface area contributed by atoms with Crippen LogP contribution in [-0.2, 0) is 7.05 Å². The van der Waals surface area contributed by atoms with Crippen LogP contribution in [0.15, 0.2) is 42.6 Å². The minimum atomic E-state index is 0.414. The Morgan fingerprint density at radius 3 is 3.07 bits per heavy atom. The Balaban J connectivity index is 1.43. The minimum Gasteiger partial charge on any atom is -0.366 e. The predicted molar refractivity (Wildman–Crippen MR) is 106 cm³/mol. The fourth-order valence-corrected chi connectivity index (χ4v) is 3.60. The van der Waals surface area contributed by atoms with Gasteiger partial charge in [-0.05, 0) is 49.7 Å². The molecule has 8 heteroatoms. The van der Waals surface area contributed by atoms with E-state index in [1.54, 1.807) is 0 Å². The summed E-state index contributed by atoms with van der Waals surface area (Å²) in [6.07, 6.45) is 4.21. The summed E-state index contributed by atoms with van der Waals surface area (Å²) in [4.78, 5) is 4.61. The fraction of sp³-hybridized carbons (Fsp3) is 0.316. The summed E-state index contributed by atoms with van der Waals surface area (Å²) in [6.45, 7) is 2.07. The molecule has 4 aromatic rings. The highest BCUT2D eigenvalue weighted by atomic mass is 15.4. The molecular formula is C19H22N8. The molecule has 1 saturated heterocycles. The predicted octanol–water partition coefficient (Wildman–Crippen LogP) is 2.52. The monoisotopic (exact) mass is 362 g/mol. The summed E-state index contributed by atoms with van der Waals surface area (Å²) in [5.74, 6) is 1.54. The molecular weight excluding hydrogens is 340 g/mol. The SMILES string of the molecule is Cn1ncc2ccc(Nc3nc4cccc(NC5CCCNC5)n4n3)cc21.